The van der Waals surface area contributed by atoms with E-state index in [0.29, 0.717) is 24.5 Å². The van der Waals surface area contributed by atoms with E-state index in [0.717, 1.165) is 22.2 Å². The lowest BCUT2D eigenvalue weighted by Crippen LogP contribution is -2.56. The number of benzene rings is 2. The SMILES string of the molecule is COc1ccc2c(O[C@@H]3C[C@@H](I)N(C(=O)[C@@H](NC(=O)OC(C)(C)C)C(C)(C)C)C3)cc(-c3ccccc3)nc2c1. The fraction of sp³-hybridized carbons (Fsp3) is 0.452. The Kier molecular flexibility index (Phi) is 8.82. The van der Waals surface area contributed by atoms with Gasteiger partial charge in [-0.3, -0.25) is 4.79 Å². The first-order valence-corrected chi connectivity index (χ1v) is 14.6. The summed E-state index contributed by atoms with van der Waals surface area (Å²) < 4.78 is 17.4. The van der Waals surface area contributed by atoms with Gasteiger partial charge in [-0.25, -0.2) is 9.78 Å². The van der Waals surface area contributed by atoms with Crippen molar-refractivity contribution in [3.05, 3.63) is 54.6 Å². The second-order valence-electron chi connectivity index (χ2n) is 12.1. The van der Waals surface area contributed by atoms with Crippen molar-refractivity contribution in [2.45, 2.75) is 69.8 Å². The molecule has 1 saturated heterocycles. The Morgan fingerprint density at radius 1 is 1.05 bits per heavy atom. The molecule has 214 valence electrons. The molecule has 0 bridgehead atoms. The highest BCUT2D eigenvalue weighted by molar-refractivity contribution is 14.1. The van der Waals surface area contributed by atoms with Crippen molar-refractivity contribution in [3.8, 4) is 22.8 Å². The number of hydrogen-bond donors (Lipinski definition) is 1. The van der Waals surface area contributed by atoms with Crippen LogP contribution in [0.15, 0.2) is 54.6 Å². The van der Waals surface area contributed by atoms with Gasteiger partial charge in [0.1, 0.15) is 29.2 Å². The van der Waals surface area contributed by atoms with Crippen LogP contribution in [0.5, 0.6) is 11.5 Å². The van der Waals surface area contributed by atoms with Gasteiger partial charge in [0.05, 0.1) is 28.9 Å². The number of likely N-dealkylation sites (tertiary alicyclic amines) is 1. The van der Waals surface area contributed by atoms with E-state index < -0.39 is 23.2 Å². The Hall–Kier alpha value is -3.08. The van der Waals surface area contributed by atoms with Crippen molar-refractivity contribution in [3.63, 3.8) is 0 Å². The molecule has 0 unspecified atom stereocenters. The first kappa shape index (κ1) is 29.9. The molecule has 3 atom stereocenters. The van der Waals surface area contributed by atoms with Crippen molar-refractivity contribution in [2.75, 3.05) is 13.7 Å². The fourth-order valence-corrected chi connectivity index (χ4v) is 5.71. The molecular formula is C31H38IN3O5. The van der Waals surface area contributed by atoms with Gasteiger partial charge in [-0.2, -0.15) is 0 Å². The van der Waals surface area contributed by atoms with E-state index in [1.807, 2.05) is 75.4 Å². The van der Waals surface area contributed by atoms with Gasteiger partial charge in [0.2, 0.25) is 5.91 Å². The van der Waals surface area contributed by atoms with E-state index in [1.54, 1.807) is 32.8 Å². The molecule has 1 aliphatic heterocycles. The summed E-state index contributed by atoms with van der Waals surface area (Å²) in [6.45, 7) is 11.6. The van der Waals surface area contributed by atoms with E-state index in [2.05, 4.69) is 27.9 Å². The maximum Gasteiger partial charge on any atom is 0.408 e. The molecular weight excluding hydrogens is 621 g/mol. The molecule has 1 aromatic heterocycles. The lowest BCUT2D eigenvalue weighted by molar-refractivity contribution is -0.135. The Balaban J connectivity index is 1.59. The van der Waals surface area contributed by atoms with Crippen molar-refractivity contribution in [1.82, 2.24) is 15.2 Å². The zero-order valence-electron chi connectivity index (χ0n) is 24.2. The van der Waals surface area contributed by atoms with Gasteiger partial charge in [0.15, 0.2) is 0 Å². The highest BCUT2D eigenvalue weighted by Gasteiger charge is 2.43. The fourth-order valence-electron chi connectivity index (χ4n) is 4.64. The summed E-state index contributed by atoms with van der Waals surface area (Å²) in [5, 5.41) is 3.69. The molecule has 1 N–H and O–H groups in total. The average Bonchev–Trinajstić information content (AvgIpc) is 3.25. The summed E-state index contributed by atoms with van der Waals surface area (Å²) in [6, 6.07) is 16.9. The van der Waals surface area contributed by atoms with Gasteiger partial charge in [-0.1, -0.05) is 73.7 Å². The number of alkyl halides is 1. The lowest BCUT2D eigenvalue weighted by Gasteiger charge is -2.35. The number of nitrogens with zero attached hydrogens (tertiary/aromatic N) is 2. The van der Waals surface area contributed by atoms with Crippen LogP contribution in [-0.2, 0) is 9.53 Å². The summed E-state index contributed by atoms with van der Waals surface area (Å²) in [7, 11) is 1.63. The predicted molar refractivity (Wildman–Crippen MR) is 165 cm³/mol. The zero-order chi connectivity index (χ0) is 29.2. The van der Waals surface area contributed by atoms with Crippen LogP contribution in [0.25, 0.3) is 22.2 Å². The number of ether oxygens (including phenoxy) is 3. The first-order valence-electron chi connectivity index (χ1n) is 13.4. The monoisotopic (exact) mass is 659 g/mol. The van der Waals surface area contributed by atoms with Crippen molar-refractivity contribution in [2.24, 2.45) is 5.41 Å². The summed E-state index contributed by atoms with van der Waals surface area (Å²) in [5.74, 6) is 1.26. The smallest absolute Gasteiger partial charge is 0.408 e. The molecule has 40 heavy (non-hydrogen) atoms. The van der Waals surface area contributed by atoms with Crippen LogP contribution in [0, 0.1) is 5.41 Å². The van der Waals surface area contributed by atoms with Gasteiger partial charge in [-0.05, 0) is 38.3 Å². The minimum atomic E-state index is -0.753. The Morgan fingerprint density at radius 3 is 2.38 bits per heavy atom. The van der Waals surface area contributed by atoms with Crippen molar-refractivity contribution in [1.29, 1.82) is 0 Å². The molecule has 4 rings (SSSR count). The Bertz CT molecular complexity index is 1370. The highest BCUT2D eigenvalue weighted by atomic mass is 127. The molecule has 1 fully saturated rings. The first-order chi connectivity index (χ1) is 18.7. The number of methoxy groups -OCH3 is 1. The maximum absolute atomic E-state index is 13.8. The van der Waals surface area contributed by atoms with Gasteiger partial charge in [0, 0.05) is 29.5 Å². The average molecular weight is 660 g/mol. The summed E-state index contributed by atoms with van der Waals surface area (Å²) in [6.07, 6.45) is -0.190. The Labute approximate surface area is 249 Å². The lowest BCUT2D eigenvalue weighted by atomic mass is 9.86. The number of amides is 2. The van der Waals surface area contributed by atoms with Gasteiger partial charge in [0.25, 0.3) is 0 Å². The second kappa shape index (κ2) is 11.8. The molecule has 3 aromatic rings. The molecule has 0 spiro atoms. The van der Waals surface area contributed by atoms with Crippen LogP contribution in [0.2, 0.25) is 0 Å². The van der Waals surface area contributed by atoms with Crippen LogP contribution < -0.4 is 14.8 Å². The molecule has 0 radical (unpaired) electrons. The van der Waals surface area contributed by atoms with Crippen molar-refractivity contribution >= 4 is 45.5 Å². The van der Waals surface area contributed by atoms with Gasteiger partial charge < -0.3 is 24.4 Å². The molecule has 0 aliphatic carbocycles. The maximum atomic E-state index is 13.8. The largest absolute Gasteiger partial charge is 0.497 e. The zero-order valence-corrected chi connectivity index (χ0v) is 26.3. The molecule has 9 heteroatoms. The third kappa shape index (κ3) is 7.16. The third-order valence-electron chi connectivity index (χ3n) is 6.60. The number of carbonyl (C=O) groups is 2. The van der Waals surface area contributed by atoms with Crippen LogP contribution >= 0.6 is 22.6 Å². The molecule has 2 aromatic carbocycles. The number of halogens is 1. The van der Waals surface area contributed by atoms with Crippen LogP contribution in [0.1, 0.15) is 48.0 Å². The van der Waals surface area contributed by atoms with E-state index in [4.69, 9.17) is 19.2 Å². The van der Waals surface area contributed by atoms with E-state index >= 15 is 0 Å². The number of pyridine rings is 1. The summed E-state index contributed by atoms with van der Waals surface area (Å²) in [4.78, 5) is 33.1. The standard InChI is InChI=1S/C31H38IN3O5/c1-30(2,3)27(34-29(37)40-31(4,5)6)28(36)35-18-21(16-26(35)32)39-25-17-23(19-11-9-8-10-12-19)33-24-15-20(38-7)13-14-22(24)25/h8-15,17,21,26-27H,16,18H2,1-7H3,(H,34,37)/t21-,26+,27-/m1/s1. The quantitative estimate of drug-likeness (QED) is 0.183. The van der Waals surface area contributed by atoms with E-state index in [-0.39, 0.29) is 16.1 Å². The van der Waals surface area contributed by atoms with Crippen LogP contribution in [0.3, 0.4) is 0 Å². The summed E-state index contributed by atoms with van der Waals surface area (Å²) >= 11 is 2.28. The minimum Gasteiger partial charge on any atom is -0.497 e. The van der Waals surface area contributed by atoms with Gasteiger partial charge in [-0.15, -0.1) is 0 Å². The third-order valence-corrected chi connectivity index (χ3v) is 7.78. The molecule has 2 heterocycles. The number of alkyl carbamates (subject to hydrolysis) is 1. The molecule has 2 amide bonds. The minimum absolute atomic E-state index is 0.0952. The van der Waals surface area contributed by atoms with Gasteiger partial charge >= 0.3 is 6.09 Å². The number of fused-ring (bicyclic) bond motifs is 1. The van der Waals surface area contributed by atoms with Crippen LogP contribution in [0.4, 0.5) is 4.79 Å². The summed E-state index contributed by atoms with van der Waals surface area (Å²) in [5.41, 5.74) is 1.36. The number of nitrogens with one attached hydrogen (secondary N) is 1. The number of rotatable bonds is 6. The van der Waals surface area contributed by atoms with E-state index in [1.165, 1.54) is 0 Å². The second-order valence-corrected chi connectivity index (χ2v) is 13.5. The molecule has 0 saturated carbocycles. The topological polar surface area (TPSA) is 90.0 Å². The van der Waals surface area contributed by atoms with Crippen LogP contribution in [-0.4, -0.2) is 57.3 Å². The number of aromatic nitrogens is 1. The number of carbonyl (C=O) groups excluding carboxylic acids is 2. The number of hydrogen-bond acceptors (Lipinski definition) is 6. The predicted octanol–water partition coefficient (Wildman–Crippen LogP) is 6.59. The Morgan fingerprint density at radius 2 is 1.75 bits per heavy atom. The highest BCUT2D eigenvalue weighted by Crippen LogP contribution is 2.36. The van der Waals surface area contributed by atoms with Crippen molar-refractivity contribution < 1.29 is 23.8 Å². The molecule has 1 aliphatic rings. The molecule has 8 nitrogen and oxygen atoms in total. The van der Waals surface area contributed by atoms with E-state index in [9.17, 15) is 9.59 Å². The normalized spacial score (nSPS) is 18.4.